The molecule has 0 aliphatic heterocycles. The number of aliphatic hydroxyl groups is 1. The zero-order chi connectivity index (χ0) is 16.0. The normalized spacial score (nSPS) is 26.8. The molecule has 3 N–H and O–H groups in total. The number of amides is 1. The molecule has 1 saturated carbocycles. The van der Waals surface area contributed by atoms with E-state index < -0.39 is 23.9 Å². The molecule has 1 rings (SSSR count). The number of carboxylic acids is 1. The van der Waals surface area contributed by atoms with Crippen LogP contribution in [0.25, 0.3) is 0 Å². The Morgan fingerprint density at radius 3 is 2.19 bits per heavy atom. The topological polar surface area (TPSA) is 86.6 Å². The summed E-state index contributed by atoms with van der Waals surface area (Å²) in [5, 5.41) is 22.1. The molecule has 21 heavy (non-hydrogen) atoms. The van der Waals surface area contributed by atoms with Crippen molar-refractivity contribution in [3.8, 4) is 0 Å². The standard InChI is InChI=1S/C16H29NO4/c1-4-10-7-12(13(8-10)16(20)21)15(19)17-9-14(18)11(5-2)6-3/h10-14,18H,4-9H2,1-3H3,(H,17,19)(H,20,21). The fraction of sp³-hybridized carbons (Fsp3) is 0.875. The van der Waals surface area contributed by atoms with Crippen LogP contribution >= 0.6 is 0 Å². The van der Waals surface area contributed by atoms with E-state index in [1.165, 1.54) is 0 Å². The van der Waals surface area contributed by atoms with Gasteiger partial charge in [-0.15, -0.1) is 0 Å². The van der Waals surface area contributed by atoms with Crippen molar-refractivity contribution in [3.05, 3.63) is 0 Å². The Bertz CT molecular complexity index is 354. The minimum atomic E-state index is -0.883. The van der Waals surface area contributed by atoms with Gasteiger partial charge < -0.3 is 15.5 Å². The van der Waals surface area contributed by atoms with Gasteiger partial charge in [-0.2, -0.15) is 0 Å². The number of hydrogen-bond acceptors (Lipinski definition) is 3. The Morgan fingerprint density at radius 2 is 1.71 bits per heavy atom. The van der Waals surface area contributed by atoms with Gasteiger partial charge in [0, 0.05) is 6.54 Å². The Kier molecular flexibility index (Phi) is 7.15. The average Bonchev–Trinajstić information content (AvgIpc) is 2.90. The molecular formula is C16H29NO4. The Labute approximate surface area is 127 Å². The van der Waals surface area contributed by atoms with E-state index in [4.69, 9.17) is 0 Å². The van der Waals surface area contributed by atoms with Crippen LogP contribution in [0.1, 0.15) is 52.9 Å². The van der Waals surface area contributed by atoms with Crippen molar-refractivity contribution >= 4 is 11.9 Å². The maximum absolute atomic E-state index is 12.2. The van der Waals surface area contributed by atoms with E-state index in [0.29, 0.717) is 18.8 Å². The van der Waals surface area contributed by atoms with Crippen LogP contribution in [0.15, 0.2) is 0 Å². The van der Waals surface area contributed by atoms with Gasteiger partial charge in [0.15, 0.2) is 0 Å². The minimum Gasteiger partial charge on any atom is -0.481 e. The van der Waals surface area contributed by atoms with E-state index in [-0.39, 0.29) is 18.4 Å². The molecule has 1 amide bonds. The second-order valence-electron chi connectivity index (χ2n) is 6.19. The van der Waals surface area contributed by atoms with Crippen LogP contribution in [0.2, 0.25) is 0 Å². The Hall–Kier alpha value is -1.10. The van der Waals surface area contributed by atoms with Gasteiger partial charge in [-0.3, -0.25) is 9.59 Å². The largest absolute Gasteiger partial charge is 0.481 e. The number of aliphatic hydroxyl groups excluding tert-OH is 1. The smallest absolute Gasteiger partial charge is 0.307 e. The third kappa shape index (κ3) is 4.70. The summed E-state index contributed by atoms with van der Waals surface area (Å²) in [4.78, 5) is 23.5. The van der Waals surface area contributed by atoms with Crippen LogP contribution in [-0.4, -0.2) is 34.7 Å². The molecule has 4 atom stereocenters. The van der Waals surface area contributed by atoms with Gasteiger partial charge in [-0.25, -0.2) is 0 Å². The van der Waals surface area contributed by atoms with Crippen LogP contribution in [0, 0.1) is 23.7 Å². The summed E-state index contributed by atoms with van der Waals surface area (Å²) in [6.07, 6.45) is 3.30. The first kappa shape index (κ1) is 18.0. The van der Waals surface area contributed by atoms with Gasteiger partial charge in [-0.1, -0.05) is 40.0 Å². The lowest BCUT2D eigenvalue weighted by atomic mass is 9.94. The Balaban J connectivity index is 2.55. The summed E-state index contributed by atoms with van der Waals surface area (Å²) >= 11 is 0. The molecule has 0 aromatic heterocycles. The lowest BCUT2D eigenvalue weighted by Gasteiger charge is -2.22. The maximum Gasteiger partial charge on any atom is 0.307 e. The van der Waals surface area contributed by atoms with Crippen molar-refractivity contribution in [3.63, 3.8) is 0 Å². The molecule has 0 radical (unpaired) electrons. The molecule has 0 spiro atoms. The second kappa shape index (κ2) is 8.37. The second-order valence-corrected chi connectivity index (χ2v) is 6.19. The number of rotatable bonds is 8. The molecule has 5 nitrogen and oxygen atoms in total. The zero-order valence-electron chi connectivity index (χ0n) is 13.3. The lowest BCUT2D eigenvalue weighted by Crippen LogP contribution is -2.41. The van der Waals surface area contributed by atoms with E-state index in [0.717, 1.165) is 19.3 Å². The number of hydrogen-bond donors (Lipinski definition) is 3. The number of carbonyl (C=O) groups excluding carboxylic acids is 1. The van der Waals surface area contributed by atoms with Gasteiger partial charge in [0.2, 0.25) is 5.91 Å². The molecule has 0 aromatic carbocycles. The fourth-order valence-corrected chi connectivity index (χ4v) is 3.37. The molecule has 1 fully saturated rings. The first-order valence-corrected chi connectivity index (χ1v) is 8.12. The molecule has 5 heteroatoms. The highest BCUT2D eigenvalue weighted by Gasteiger charge is 2.42. The molecule has 1 aliphatic carbocycles. The van der Waals surface area contributed by atoms with E-state index in [9.17, 15) is 19.8 Å². The van der Waals surface area contributed by atoms with Gasteiger partial charge in [0.05, 0.1) is 17.9 Å². The van der Waals surface area contributed by atoms with E-state index in [1.54, 1.807) is 0 Å². The van der Waals surface area contributed by atoms with E-state index in [1.807, 2.05) is 20.8 Å². The van der Waals surface area contributed by atoms with Crippen LogP contribution in [0.5, 0.6) is 0 Å². The highest BCUT2D eigenvalue weighted by molar-refractivity contribution is 5.85. The number of carbonyl (C=O) groups is 2. The van der Waals surface area contributed by atoms with Crippen LogP contribution < -0.4 is 5.32 Å². The van der Waals surface area contributed by atoms with Gasteiger partial charge in [0.1, 0.15) is 0 Å². The highest BCUT2D eigenvalue weighted by atomic mass is 16.4. The molecule has 4 unspecified atom stereocenters. The predicted molar refractivity (Wildman–Crippen MR) is 80.7 cm³/mol. The van der Waals surface area contributed by atoms with Crippen LogP contribution in [0.3, 0.4) is 0 Å². The quantitative estimate of drug-likeness (QED) is 0.640. The summed E-state index contributed by atoms with van der Waals surface area (Å²) in [5.41, 5.74) is 0. The van der Waals surface area contributed by atoms with Crippen molar-refractivity contribution in [2.75, 3.05) is 6.54 Å². The first-order chi connectivity index (χ1) is 9.94. The van der Waals surface area contributed by atoms with Crippen molar-refractivity contribution in [1.29, 1.82) is 0 Å². The molecule has 0 saturated heterocycles. The number of nitrogens with one attached hydrogen (secondary N) is 1. The van der Waals surface area contributed by atoms with Crippen molar-refractivity contribution < 1.29 is 19.8 Å². The first-order valence-electron chi connectivity index (χ1n) is 8.12. The number of aliphatic carboxylic acids is 1. The summed E-state index contributed by atoms with van der Waals surface area (Å²) in [5.74, 6) is -1.66. The molecule has 1 aliphatic rings. The van der Waals surface area contributed by atoms with Crippen molar-refractivity contribution in [2.45, 2.75) is 59.0 Å². The average molecular weight is 299 g/mol. The van der Waals surface area contributed by atoms with Crippen molar-refractivity contribution in [1.82, 2.24) is 5.32 Å². The molecule has 0 heterocycles. The number of carboxylic acid groups (broad SMARTS) is 1. The summed E-state index contributed by atoms with van der Waals surface area (Å²) < 4.78 is 0. The minimum absolute atomic E-state index is 0.174. The highest BCUT2D eigenvalue weighted by Crippen LogP contribution is 2.38. The Morgan fingerprint density at radius 1 is 1.14 bits per heavy atom. The third-order valence-electron chi connectivity index (χ3n) is 4.97. The van der Waals surface area contributed by atoms with Gasteiger partial charge in [0.25, 0.3) is 0 Å². The SMILES string of the molecule is CCC1CC(C(=O)O)C(C(=O)NCC(O)C(CC)CC)C1. The summed E-state index contributed by atoms with van der Waals surface area (Å²) in [6.45, 7) is 6.27. The molecule has 0 aromatic rings. The van der Waals surface area contributed by atoms with E-state index >= 15 is 0 Å². The molecular weight excluding hydrogens is 270 g/mol. The van der Waals surface area contributed by atoms with Crippen LogP contribution in [-0.2, 0) is 9.59 Å². The monoisotopic (exact) mass is 299 g/mol. The van der Waals surface area contributed by atoms with Gasteiger partial charge in [-0.05, 0) is 24.7 Å². The van der Waals surface area contributed by atoms with Gasteiger partial charge >= 0.3 is 5.97 Å². The maximum atomic E-state index is 12.2. The van der Waals surface area contributed by atoms with Crippen molar-refractivity contribution in [2.24, 2.45) is 23.7 Å². The predicted octanol–water partition coefficient (Wildman–Crippen LogP) is 2.04. The third-order valence-corrected chi connectivity index (χ3v) is 4.97. The fourth-order valence-electron chi connectivity index (χ4n) is 3.37. The zero-order valence-corrected chi connectivity index (χ0v) is 13.3. The van der Waals surface area contributed by atoms with Crippen LogP contribution in [0.4, 0.5) is 0 Å². The molecule has 0 bridgehead atoms. The summed E-state index contributed by atoms with van der Waals surface area (Å²) in [6, 6.07) is 0. The lowest BCUT2D eigenvalue weighted by molar-refractivity contribution is -0.146. The summed E-state index contributed by atoms with van der Waals surface area (Å²) in [7, 11) is 0. The molecule has 122 valence electrons. The van der Waals surface area contributed by atoms with E-state index in [2.05, 4.69) is 5.32 Å².